The maximum absolute atomic E-state index is 13.5. The molecule has 1 aliphatic carbocycles. The maximum atomic E-state index is 13.5. The summed E-state index contributed by atoms with van der Waals surface area (Å²) in [6, 6.07) is 16.7. The van der Waals surface area contributed by atoms with Crippen molar-refractivity contribution in [1.29, 1.82) is 0 Å². The topological polar surface area (TPSA) is 95.9 Å². The summed E-state index contributed by atoms with van der Waals surface area (Å²) >= 11 is 1.44. The molecular formula is C38H44FNO8S. The van der Waals surface area contributed by atoms with Gasteiger partial charge in [0.15, 0.2) is 23.0 Å². The van der Waals surface area contributed by atoms with E-state index < -0.39 is 0 Å². The van der Waals surface area contributed by atoms with Crippen molar-refractivity contribution in [1.82, 2.24) is 5.06 Å². The Morgan fingerprint density at radius 1 is 0.939 bits per heavy atom. The predicted octanol–water partition coefficient (Wildman–Crippen LogP) is 7.92. The van der Waals surface area contributed by atoms with Gasteiger partial charge in [-0.25, -0.2) is 4.39 Å². The lowest BCUT2D eigenvalue weighted by Crippen LogP contribution is -2.31. The summed E-state index contributed by atoms with van der Waals surface area (Å²) in [5.74, 6) is 4.79. The molecule has 262 valence electrons. The number of ether oxygens (including phenoxy) is 6. The number of hydroxylamine groups is 2. The molecule has 11 heteroatoms. The Balaban J connectivity index is 1.41. The first-order chi connectivity index (χ1) is 23.7. The Morgan fingerprint density at radius 3 is 2.20 bits per heavy atom. The van der Waals surface area contributed by atoms with E-state index in [0.29, 0.717) is 46.8 Å². The van der Waals surface area contributed by atoms with Crippen molar-refractivity contribution < 1.29 is 42.8 Å². The highest BCUT2D eigenvalue weighted by Crippen LogP contribution is 2.46. The number of amides is 1. The smallest absolute Gasteiger partial charge is 0.261 e. The zero-order valence-corrected chi connectivity index (χ0v) is 29.4. The van der Waals surface area contributed by atoms with E-state index >= 15 is 0 Å². The first-order valence-corrected chi connectivity index (χ1v) is 17.3. The van der Waals surface area contributed by atoms with Crippen LogP contribution in [0.15, 0.2) is 53.4 Å². The van der Waals surface area contributed by atoms with Gasteiger partial charge in [-0.15, -0.1) is 5.06 Å². The minimum atomic E-state index is -0.363. The molecule has 2 aliphatic rings. The van der Waals surface area contributed by atoms with Crippen LogP contribution in [0.25, 0.3) is 0 Å². The van der Waals surface area contributed by atoms with Crippen LogP contribution < -0.4 is 23.7 Å². The molecule has 0 aromatic heterocycles. The molecule has 1 amide bonds. The minimum absolute atomic E-state index is 0.0204. The highest BCUT2D eigenvalue weighted by Gasteiger charge is 2.31. The molecule has 5 rings (SSSR count). The van der Waals surface area contributed by atoms with E-state index in [-0.39, 0.29) is 41.5 Å². The van der Waals surface area contributed by atoms with Gasteiger partial charge in [0.1, 0.15) is 11.3 Å². The fraction of sp³-hybridized carbons (Fsp3) is 0.447. The molecular weight excluding hydrogens is 649 g/mol. The third-order valence-corrected chi connectivity index (χ3v) is 9.90. The SMILES string of the molecule is COc1cc(C2COC(c3cc(OC)c(OC)c(OC)c3)C2)cc(CC#CN(O)C(=O)C2CCCCC2)c1OC(C)Sc1ccc(F)cc1. The number of halogens is 1. The van der Waals surface area contributed by atoms with Gasteiger partial charge < -0.3 is 28.4 Å². The van der Waals surface area contributed by atoms with Crippen LogP contribution in [-0.2, 0) is 16.0 Å². The fourth-order valence-electron chi connectivity index (χ4n) is 6.40. The first kappa shape index (κ1) is 36.2. The number of hydrogen-bond acceptors (Lipinski definition) is 9. The van der Waals surface area contributed by atoms with Gasteiger partial charge in [-0.3, -0.25) is 10.0 Å². The molecule has 9 nitrogen and oxygen atoms in total. The molecule has 1 saturated carbocycles. The van der Waals surface area contributed by atoms with E-state index in [1.807, 2.05) is 31.2 Å². The van der Waals surface area contributed by atoms with Crippen LogP contribution in [0.5, 0.6) is 28.7 Å². The van der Waals surface area contributed by atoms with Gasteiger partial charge in [-0.05, 0) is 79.8 Å². The second-order valence-electron chi connectivity index (χ2n) is 12.1. The number of methoxy groups -OCH3 is 4. The standard InChI is InChI=1S/C38H44FNO8S/c1-24(49-31-15-13-30(39)14-16-31)48-36-26(12-9-17-40(42)38(41)25-10-7-6-8-11-25)18-27(19-33(36)43-2)29-22-32(47-23-29)28-20-34(44-3)37(46-5)35(21-28)45-4/h13-16,18-21,24-25,29,32,42H,6-8,10-12,22-23H2,1-5H3. The molecule has 1 N–H and O–H groups in total. The summed E-state index contributed by atoms with van der Waals surface area (Å²) in [6.07, 6.45) is 5.24. The molecule has 1 saturated heterocycles. The third kappa shape index (κ3) is 8.93. The van der Waals surface area contributed by atoms with E-state index in [2.05, 4.69) is 12.0 Å². The monoisotopic (exact) mass is 693 g/mol. The number of rotatable bonds is 12. The molecule has 0 bridgehead atoms. The van der Waals surface area contributed by atoms with E-state index in [9.17, 15) is 14.4 Å². The molecule has 3 atom stereocenters. The quantitative estimate of drug-likeness (QED) is 0.0507. The first-order valence-electron chi connectivity index (χ1n) is 16.5. The van der Waals surface area contributed by atoms with Crippen molar-refractivity contribution in [2.75, 3.05) is 35.0 Å². The zero-order chi connectivity index (χ0) is 34.9. The van der Waals surface area contributed by atoms with Gasteiger partial charge in [0.05, 0.1) is 41.2 Å². The highest BCUT2D eigenvalue weighted by atomic mass is 32.2. The normalized spacial score (nSPS) is 18.2. The summed E-state index contributed by atoms with van der Waals surface area (Å²) in [5, 5.41) is 11.0. The van der Waals surface area contributed by atoms with E-state index in [1.54, 1.807) is 40.6 Å². The predicted molar refractivity (Wildman–Crippen MR) is 184 cm³/mol. The molecule has 1 aliphatic heterocycles. The molecule has 3 aromatic carbocycles. The second kappa shape index (κ2) is 17.0. The molecule has 0 radical (unpaired) electrons. The van der Waals surface area contributed by atoms with Crippen LogP contribution in [0, 0.1) is 23.7 Å². The van der Waals surface area contributed by atoms with Crippen LogP contribution in [-0.4, -0.2) is 56.7 Å². The Morgan fingerprint density at radius 2 is 1.57 bits per heavy atom. The molecule has 2 fully saturated rings. The number of thioether (sulfide) groups is 1. The van der Waals surface area contributed by atoms with Crippen molar-refractivity contribution in [3.05, 3.63) is 71.0 Å². The number of carbonyl (C=O) groups excluding carboxylic acids is 1. The van der Waals surface area contributed by atoms with Crippen LogP contribution >= 0.6 is 11.8 Å². The molecule has 3 unspecified atom stereocenters. The van der Waals surface area contributed by atoms with Gasteiger partial charge in [0.2, 0.25) is 5.75 Å². The van der Waals surface area contributed by atoms with Crippen LogP contribution in [0.3, 0.4) is 0 Å². The van der Waals surface area contributed by atoms with E-state index in [1.165, 1.54) is 23.9 Å². The maximum Gasteiger partial charge on any atom is 0.261 e. The van der Waals surface area contributed by atoms with E-state index in [4.69, 9.17) is 28.4 Å². The number of hydrogen-bond donors (Lipinski definition) is 1. The zero-order valence-electron chi connectivity index (χ0n) is 28.6. The average molecular weight is 694 g/mol. The lowest BCUT2D eigenvalue weighted by atomic mass is 9.88. The van der Waals surface area contributed by atoms with Crippen molar-refractivity contribution in [3.8, 4) is 40.7 Å². The van der Waals surface area contributed by atoms with Gasteiger partial charge in [0, 0.05) is 34.8 Å². The third-order valence-electron chi connectivity index (χ3n) is 8.93. The summed E-state index contributed by atoms with van der Waals surface area (Å²) in [6.45, 7) is 2.37. The summed E-state index contributed by atoms with van der Waals surface area (Å²) < 4.78 is 48.7. The summed E-state index contributed by atoms with van der Waals surface area (Å²) in [4.78, 5) is 13.7. The molecule has 49 heavy (non-hydrogen) atoms. The average Bonchev–Trinajstić information content (AvgIpc) is 3.63. The molecule has 3 aromatic rings. The van der Waals surface area contributed by atoms with Crippen molar-refractivity contribution >= 4 is 17.7 Å². The van der Waals surface area contributed by atoms with Gasteiger partial charge in [-0.1, -0.05) is 43.0 Å². The number of benzene rings is 3. The number of nitrogens with zero attached hydrogens (tertiary/aromatic N) is 1. The van der Waals surface area contributed by atoms with Crippen molar-refractivity contribution in [2.24, 2.45) is 5.92 Å². The van der Waals surface area contributed by atoms with Crippen LogP contribution in [0.2, 0.25) is 0 Å². The van der Waals surface area contributed by atoms with Gasteiger partial charge in [0.25, 0.3) is 5.91 Å². The Labute approximate surface area is 291 Å². The minimum Gasteiger partial charge on any atom is -0.493 e. The van der Waals surface area contributed by atoms with Crippen molar-refractivity contribution in [3.63, 3.8) is 0 Å². The fourth-order valence-corrected chi connectivity index (χ4v) is 7.22. The summed E-state index contributed by atoms with van der Waals surface area (Å²) in [5.41, 5.74) is 2.27. The molecule has 1 heterocycles. The largest absolute Gasteiger partial charge is 0.493 e. The highest BCUT2D eigenvalue weighted by molar-refractivity contribution is 7.99. The lowest BCUT2D eigenvalue weighted by molar-refractivity contribution is -0.157. The Hall–Kier alpha value is -4.11. The van der Waals surface area contributed by atoms with E-state index in [0.717, 1.165) is 53.7 Å². The number of carbonyl (C=O) groups is 1. The van der Waals surface area contributed by atoms with Crippen LogP contribution in [0.4, 0.5) is 4.39 Å². The van der Waals surface area contributed by atoms with Crippen molar-refractivity contribution in [2.45, 2.75) is 74.2 Å². The van der Waals surface area contributed by atoms with Crippen LogP contribution in [0.1, 0.15) is 74.2 Å². The second-order valence-corrected chi connectivity index (χ2v) is 13.5. The lowest BCUT2D eigenvalue weighted by Gasteiger charge is -2.22. The van der Waals surface area contributed by atoms with Gasteiger partial charge in [-0.2, -0.15) is 0 Å². The Bertz CT molecular complexity index is 1620. The Kier molecular flexibility index (Phi) is 12.6. The van der Waals surface area contributed by atoms with Gasteiger partial charge >= 0.3 is 0 Å². The summed E-state index contributed by atoms with van der Waals surface area (Å²) in [7, 11) is 6.32. The molecule has 0 spiro atoms.